The SMILES string of the molecule is CCOC(=O)C(Cc1ccccc1)N(C)CC(=O)NC. The Morgan fingerprint density at radius 1 is 1.30 bits per heavy atom. The monoisotopic (exact) mass is 278 g/mol. The van der Waals surface area contributed by atoms with Crippen molar-refractivity contribution in [2.24, 2.45) is 0 Å². The van der Waals surface area contributed by atoms with Crippen LogP contribution in [0.5, 0.6) is 0 Å². The zero-order chi connectivity index (χ0) is 15.0. The zero-order valence-electron chi connectivity index (χ0n) is 12.3. The molecule has 1 N–H and O–H groups in total. The van der Waals surface area contributed by atoms with Crippen LogP contribution in [0.2, 0.25) is 0 Å². The Labute approximate surface area is 119 Å². The molecule has 0 radical (unpaired) electrons. The van der Waals surface area contributed by atoms with E-state index in [1.54, 1.807) is 25.9 Å². The highest BCUT2D eigenvalue weighted by Crippen LogP contribution is 2.09. The van der Waals surface area contributed by atoms with Crippen molar-refractivity contribution in [1.82, 2.24) is 10.2 Å². The van der Waals surface area contributed by atoms with Gasteiger partial charge in [0.2, 0.25) is 5.91 Å². The third kappa shape index (κ3) is 5.01. The second-order valence-corrected chi connectivity index (χ2v) is 4.55. The number of likely N-dealkylation sites (N-methyl/N-ethyl adjacent to an activating group) is 2. The van der Waals surface area contributed by atoms with Gasteiger partial charge < -0.3 is 10.1 Å². The molecule has 0 heterocycles. The van der Waals surface area contributed by atoms with Crippen molar-refractivity contribution in [3.8, 4) is 0 Å². The van der Waals surface area contributed by atoms with Crippen LogP contribution in [0, 0.1) is 0 Å². The Balaban J connectivity index is 2.79. The molecule has 1 atom stereocenters. The van der Waals surface area contributed by atoms with Gasteiger partial charge in [-0.3, -0.25) is 14.5 Å². The highest BCUT2D eigenvalue weighted by molar-refractivity contribution is 5.80. The largest absolute Gasteiger partial charge is 0.465 e. The first-order valence-electron chi connectivity index (χ1n) is 6.69. The first kappa shape index (κ1) is 16.2. The minimum absolute atomic E-state index is 0.130. The molecule has 0 saturated heterocycles. The summed E-state index contributed by atoms with van der Waals surface area (Å²) < 4.78 is 5.10. The molecular weight excluding hydrogens is 256 g/mol. The molecule has 0 saturated carbocycles. The van der Waals surface area contributed by atoms with Crippen LogP contribution in [-0.4, -0.2) is 50.1 Å². The predicted octanol–water partition coefficient (Wildman–Crippen LogP) is 0.839. The minimum Gasteiger partial charge on any atom is -0.465 e. The topological polar surface area (TPSA) is 58.6 Å². The summed E-state index contributed by atoms with van der Waals surface area (Å²) in [7, 11) is 3.33. The maximum absolute atomic E-state index is 12.1. The first-order chi connectivity index (χ1) is 9.58. The van der Waals surface area contributed by atoms with Crippen molar-refractivity contribution in [1.29, 1.82) is 0 Å². The fourth-order valence-electron chi connectivity index (χ4n) is 1.91. The van der Waals surface area contributed by atoms with E-state index in [1.807, 2.05) is 30.3 Å². The van der Waals surface area contributed by atoms with Crippen molar-refractivity contribution >= 4 is 11.9 Å². The van der Waals surface area contributed by atoms with Crippen molar-refractivity contribution in [3.05, 3.63) is 35.9 Å². The van der Waals surface area contributed by atoms with Gasteiger partial charge in [-0.25, -0.2) is 0 Å². The van der Waals surface area contributed by atoms with Crippen molar-refractivity contribution < 1.29 is 14.3 Å². The van der Waals surface area contributed by atoms with Gasteiger partial charge in [0.1, 0.15) is 6.04 Å². The second kappa shape index (κ2) is 8.32. The fraction of sp³-hybridized carbons (Fsp3) is 0.467. The summed E-state index contributed by atoms with van der Waals surface area (Å²) in [6, 6.07) is 9.23. The number of amides is 1. The van der Waals surface area contributed by atoms with Crippen LogP contribution in [0.3, 0.4) is 0 Å². The molecule has 1 aromatic rings. The summed E-state index contributed by atoms with van der Waals surface area (Å²) in [6.07, 6.45) is 0.521. The predicted molar refractivity (Wildman–Crippen MR) is 77.3 cm³/mol. The average molecular weight is 278 g/mol. The lowest BCUT2D eigenvalue weighted by atomic mass is 10.0. The van der Waals surface area contributed by atoms with Gasteiger partial charge in [-0.15, -0.1) is 0 Å². The number of carbonyl (C=O) groups is 2. The van der Waals surface area contributed by atoms with Gasteiger partial charge in [-0.1, -0.05) is 30.3 Å². The van der Waals surface area contributed by atoms with E-state index < -0.39 is 6.04 Å². The van der Waals surface area contributed by atoms with Gasteiger partial charge in [0.05, 0.1) is 13.2 Å². The molecular formula is C15H22N2O3. The summed E-state index contributed by atoms with van der Waals surface area (Å²) in [5.41, 5.74) is 1.04. The Hall–Kier alpha value is -1.88. The van der Waals surface area contributed by atoms with Gasteiger partial charge in [-0.05, 0) is 26.0 Å². The van der Waals surface area contributed by atoms with Gasteiger partial charge in [0.15, 0.2) is 0 Å². The van der Waals surface area contributed by atoms with Crippen LogP contribution in [0.15, 0.2) is 30.3 Å². The molecule has 1 amide bonds. The average Bonchev–Trinajstić information content (AvgIpc) is 2.45. The van der Waals surface area contributed by atoms with Gasteiger partial charge in [0.25, 0.3) is 0 Å². The molecule has 1 rings (SSSR count). The van der Waals surface area contributed by atoms with E-state index in [0.717, 1.165) is 5.56 Å². The summed E-state index contributed by atoms with van der Waals surface area (Å²) in [6.45, 7) is 2.26. The number of nitrogens with zero attached hydrogens (tertiary/aromatic N) is 1. The number of ether oxygens (including phenoxy) is 1. The second-order valence-electron chi connectivity index (χ2n) is 4.55. The molecule has 0 spiro atoms. The zero-order valence-corrected chi connectivity index (χ0v) is 12.3. The Bertz CT molecular complexity index is 434. The lowest BCUT2D eigenvalue weighted by Gasteiger charge is -2.25. The van der Waals surface area contributed by atoms with Crippen molar-refractivity contribution in [3.63, 3.8) is 0 Å². The third-order valence-electron chi connectivity index (χ3n) is 3.03. The lowest BCUT2D eigenvalue weighted by molar-refractivity contribution is -0.149. The summed E-state index contributed by atoms with van der Waals surface area (Å²) in [5.74, 6) is -0.433. The highest BCUT2D eigenvalue weighted by Gasteiger charge is 2.26. The highest BCUT2D eigenvalue weighted by atomic mass is 16.5. The van der Waals surface area contributed by atoms with E-state index >= 15 is 0 Å². The molecule has 110 valence electrons. The molecule has 0 aliphatic heterocycles. The summed E-state index contributed by atoms with van der Waals surface area (Å²) in [5, 5.41) is 2.55. The first-order valence-corrected chi connectivity index (χ1v) is 6.69. The van der Waals surface area contributed by atoms with Crippen LogP contribution in [0.25, 0.3) is 0 Å². The van der Waals surface area contributed by atoms with Crippen molar-refractivity contribution in [2.75, 3.05) is 27.2 Å². The maximum atomic E-state index is 12.1. The van der Waals surface area contributed by atoms with E-state index in [2.05, 4.69) is 5.32 Å². The summed E-state index contributed by atoms with van der Waals surface area (Å²) >= 11 is 0. The molecule has 0 fully saturated rings. The summed E-state index contributed by atoms with van der Waals surface area (Å²) in [4.78, 5) is 25.2. The van der Waals surface area contributed by atoms with Crippen LogP contribution in [0.1, 0.15) is 12.5 Å². The van der Waals surface area contributed by atoms with E-state index in [4.69, 9.17) is 4.74 Å². The van der Waals surface area contributed by atoms with Gasteiger partial charge in [0, 0.05) is 7.05 Å². The third-order valence-corrected chi connectivity index (χ3v) is 3.03. The number of esters is 1. The molecule has 1 unspecified atom stereocenters. The van der Waals surface area contributed by atoms with E-state index in [1.165, 1.54) is 0 Å². The van der Waals surface area contributed by atoms with E-state index in [-0.39, 0.29) is 18.4 Å². The molecule has 5 nitrogen and oxygen atoms in total. The van der Waals surface area contributed by atoms with Crippen LogP contribution in [-0.2, 0) is 20.7 Å². The van der Waals surface area contributed by atoms with Gasteiger partial charge in [-0.2, -0.15) is 0 Å². The van der Waals surface area contributed by atoms with Crippen LogP contribution in [0.4, 0.5) is 0 Å². The molecule has 5 heteroatoms. The lowest BCUT2D eigenvalue weighted by Crippen LogP contribution is -2.45. The maximum Gasteiger partial charge on any atom is 0.323 e. The number of hydrogen-bond donors (Lipinski definition) is 1. The number of hydrogen-bond acceptors (Lipinski definition) is 4. The Kier molecular flexibility index (Phi) is 6.73. The van der Waals surface area contributed by atoms with E-state index in [9.17, 15) is 9.59 Å². The minimum atomic E-state index is -0.463. The normalized spacial score (nSPS) is 12.0. The molecule has 1 aromatic carbocycles. The molecule has 0 aromatic heterocycles. The smallest absolute Gasteiger partial charge is 0.323 e. The number of benzene rings is 1. The number of carbonyl (C=O) groups excluding carboxylic acids is 2. The standard InChI is InChI=1S/C15H22N2O3/c1-4-20-15(19)13(17(3)11-14(18)16-2)10-12-8-6-5-7-9-12/h5-9,13H,4,10-11H2,1-3H3,(H,16,18). The molecule has 20 heavy (non-hydrogen) atoms. The number of rotatable bonds is 7. The van der Waals surface area contributed by atoms with Crippen molar-refractivity contribution in [2.45, 2.75) is 19.4 Å². The molecule has 0 bridgehead atoms. The molecule has 0 aliphatic rings. The van der Waals surface area contributed by atoms with Crippen LogP contribution < -0.4 is 5.32 Å². The van der Waals surface area contributed by atoms with E-state index in [0.29, 0.717) is 13.0 Å². The Morgan fingerprint density at radius 2 is 1.95 bits per heavy atom. The van der Waals surface area contributed by atoms with Crippen LogP contribution >= 0.6 is 0 Å². The number of nitrogens with one attached hydrogen (secondary N) is 1. The van der Waals surface area contributed by atoms with Gasteiger partial charge >= 0.3 is 5.97 Å². The quantitative estimate of drug-likeness (QED) is 0.751. The molecule has 0 aliphatic carbocycles. The fourth-order valence-corrected chi connectivity index (χ4v) is 1.91. The Morgan fingerprint density at radius 3 is 2.50 bits per heavy atom.